The summed E-state index contributed by atoms with van der Waals surface area (Å²) in [5.41, 5.74) is 2.18. The number of hydrogen-bond donors (Lipinski definition) is 2. The summed E-state index contributed by atoms with van der Waals surface area (Å²) in [6.07, 6.45) is 0.939. The zero-order chi connectivity index (χ0) is 13.7. The number of rotatable bonds is 5. The van der Waals surface area contributed by atoms with E-state index < -0.39 is 0 Å². The maximum absolute atomic E-state index is 12.0. The van der Waals surface area contributed by atoms with Crippen LogP contribution in [0.1, 0.15) is 25.8 Å². The van der Waals surface area contributed by atoms with Crippen molar-refractivity contribution in [2.24, 2.45) is 5.92 Å². The third-order valence-electron chi connectivity index (χ3n) is 3.21. The largest absolute Gasteiger partial charge is 0.326 e. The van der Waals surface area contributed by atoms with Crippen LogP contribution < -0.4 is 10.6 Å². The van der Waals surface area contributed by atoms with Gasteiger partial charge >= 0.3 is 0 Å². The Morgan fingerprint density at radius 2 is 2.37 bits per heavy atom. The Bertz CT molecular complexity index is 428. The minimum Gasteiger partial charge on any atom is -0.326 e. The highest BCUT2D eigenvalue weighted by Crippen LogP contribution is 2.20. The van der Waals surface area contributed by atoms with Gasteiger partial charge in [0.1, 0.15) is 0 Å². The molecule has 1 aliphatic heterocycles. The van der Waals surface area contributed by atoms with E-state index in [1.54, 1.807) is 0 Å². The summed E-state index contributed by atoms with van der Waals surface area (Å²) in [4.78, 5) is 12.0. The van der Waals surface area contributed by atoms with Crippen molar-refractivity contribution in [2.45, 2.75) is 31.3 Å². The van der Waals surface area contributed by atoms with Gasteiger partial charge in [-0.15, -0.1) is 0 Å². The number of anilines is 1. The molecule has 104 valence electrons. The fourth-order valence-electron chi connectivity index (χ4n) is 2.12. The van der Waals surface area contributed by atoms with Crippen LogP contribution in [0.25, 0.3) is 0 Å². The van der Waals surface area contributed by atoms with Gasteiger partial charge in [-0.2, -0.15) is 11.8 Å². The predicted octanol–water partition coefficient (Wildman–Crippen LogP) is 2.88. The Labute approximate surface area is 119 Å². The number of amides is 1. The Morgan fingerprint density at radius 3 is 3.05 bits per heavy atom. The van der Waals surface area contributed by atoms with Crippen LogP contribution in [-0.2, 0) is 10.5 Å². The molecule has 4 heteroatoms. The van der Waals surface area contributed by atoms with Gasteiger partial charge in [0.2, 0.25) is 5.91 Å². The monoisotopic (exact) mass is 278 g/mol. The fourth-order valence-corrected chi connectivity index (χ4v) is 2.83. The lowest BCUT2D eigenvalue weighted by Crippen LogP contribution is -2.24. The highest BCUT2D eigenvalue weighted by Gasteiger charge is 2.22. The lowest BCUT2D eigenvalue weighted by molar-refractivity contribution is -0.119. The van der Waals surface area contributed by atoms with Crippen LogP contribution in [-0.4, -0.2) is 24.2 Å². The van der Waals surface area contributed by atoms with Crippen LogP contribution >= 0.6 is 11.8 Å². The van der Waals surface area contributed by atoms with Gasteiger partial charge in [0, 0.05) is 18.0 Å². The van der Waals surface area contributed by atoms with Crippen molar-refractivity contribution >= 4 is 23.4 Å². The van der Waals surface area contributed by atoms with E-state index in [0.717, 1.165) is 31.0 Å². The van der Waals surface area contributed by atoms with Gasteiger partial charge in [-0.05, 0) is 35.9 Å². The molecule has 1 fully saturated rings. The van der Waals surface area contributed by atoms with Crippen LogP contribution in [0.5, 0.6) is 0 Å². The minimum absolute atomic E-state index is 0.119. The molecule has 1 saturated heterocycles. The van der Waals surface area contributed by atoms with Gasteiger partial charge in [0.25, 0.3) is 0 Å². The normalized spacial score (nSPS) is 18.8. The van der Waals surface area contributed by atoms with Crippen molar-refractivity contribution in [1.82, 2.24) is 5.32 Å². The van der Waals surface area contributed by atoms with Gasteiger partial charge < -0.3 is 10.6 Å². The first-order chi connectivity index (χ1) is 9.15. The Balaban J connectivity index is 1.92. The number of benzene rings is 1. The predicted molar refractivity (Wildman–Crippen MR) is 82.5 cm³/mol. The Hall–Kier alpha value is -1.00. The first kappa shape index (κ1) is 14.4. The second kappa shape index (κ2) is 6.96. The first-order valence-electron chi connectivity index (χ1n) is 6.87. The highest BCUT2D eigenvalue weighted by molar-refractivity contribution is 7.99. The zero-order valence-corrected chi connectivity index (χ0v) is 12.4. The van der Waals surface area contributed by atoms with Gasteiger partial charge in [0.05, 0.1) is 5.92 Å². The molecular weight excluding hydrogens is 256 g/mol. The molecule has 2 rings (SSSR count). The van der Waals surface area contributed by atoms with Crippen LogP contribution in [0.15, 0.2) is 24.3 Å². The molecule has 0 saturated carbocycles. The zero-order valence-electron chi connectivity index (χ0n) is 11.6. The topological polar surface area (TPSA) is 41.1 Å². The standard InChI is InChI=1S/C15H22N2OS/c1-11(2)19-10-12-4-3-5-14(8-12)17-15(18)13-6-7-16-9-13/h3-5,8,11,13,16H,6-7,9-10H2,1-2H3,(H,17,18). The maximum atomic E-state index is 12.0. The Morgan fingerprint density at radius 1 is 1.53 bits per heavy atom. The summed E-state index contributed by atoms with van der Waals surface area (Å²) in [6, 6.07) is 8.17. The summed E-state index contributed by atoms with van der Waals surface area (Å²) in [5.74, 6) is 1.25. The number of carbonyl (C=O) groups excluding carboxylic acids is 1. The molecule has 1 aromatic carbocycles. The third kappa shape index (κ3) is 4.55. The van der Waals surface area contributed by atoms with Crippen molar-refractivity contribution in [2.75, 3.05) is 18.4 Å². The molecule has 3 nitrogen and oxygen atoms in total. The van der Waals surface area contributed by atoms with E-state index in [4.69, 9.17) is 0 Å². The molecular formula is C15H22N2OS. The van der Waals surface area contributed by atoms with E-state index in [9.17, 15) is 4.79 Å². The van der Waals surface area contributed by atoms with Crippen LogP contribution in [0.3, 0.4) is 0 Å². The van der Waals surface area contributed by atoms with Gasteiger partial charge in [-0.25, -0.2) is 0 Å². The van der Waals surface area contributed by atoms with Crippen LogP contribution in [0, 0.1) is 5.92 Å². The van der Waals surface area contributed by atoms with Crippen molar-refractivity contribution in [3.63, 3.8) is 0 Å². The highest BCUT2D eigenvalue weighted by atomic mass is 32.2. The van der Waals surface area contributed by atoms with Crippen molar-refractivity contribution in [3.05, 3.63) is 29.8 Å². The molecule has 0 aliphatic carbocycles. The second-order valence-corrected chi connectivity index (χ2v) is 6.80. The van der Waals surface area contributed by atoms with Gasteiger partial charge in [-0.1, -0.05) is 26.0 Å². The smallest absolute Gasteiger partial charge is 0.228 e. The molecule has 2 N–H and O–H groups in total. The first-order valence-corrected chi connectivity index (χ1v) is 7.92. The molecule has 0 aromatic heterocycles. The van der Waals surface area contributed by atoms with E-state index in [2.05, 4.69) is 36.6 Å². The molecule has 1 aromatic rings. The summed E-state index contributed by atoms with van der Waals surface area (Å²) in [5, 5.41) is 6.87. The van der Waals surface area contributed by atoms with E-state index >= 15 is 0 Å². The SMILES string of the molecule is CC(C)SCc1cccc(NC(=O)C2CCNC2)c1. The lowest BCUT2D eigenvalue weighted by Gasteiger charge is -2.11. The molecule has 1 atom stereocenters. The summed E-state index contributed by atoms with van der Waals surface area (Å²) in [6.45, 7) is 6.14. The Kier molecular flexibility index (Phi) is 5.28. The van der Waals surface area contributed by atoms with E-state index in [1.165, 1.54) is 5.56 Å². The average Bonchev–Trinajstić information content (AvgIpc) is 2.91. The summed E-state index contributed by atoms with van der Waals surface area (Å²) in [7, 11) is 0. The molecule has 0 bridgehead atoms. The number of carbonyl (C=O) groups is 1. The fraction of sp³-hybridized carbons (Fsp3) is 0.533. The average molecular weight is 278 g/mol. The molecule has 0 spiro atoms. The van der Waals surface area contributed by atoms with E-state index in [0.29, 0.717) is 5.25 Å². The number of hydrogen-bond acceptors (Lipinski definition) is 3. The second-order valence-electron chi connectivity index (χ2n) is 5.24. The molecule has 1 amide bonds. The minimum atomic E-state index is 0.119. The van der Waals surface area contributed by atoms with Crippen molar-refractivity contribution < 1.29 is 4.79 Å². The number of thioether (sulfide) groups is 1. The van der Waals surface area contributed by atoms with Crippen LogP contribution in [0.2, 0.25) is 0 Å². The molecule has 0 radical (unpaired) electrons. The summed E-state index contributed by atoms with van der Waals surface area (Å²) < 4.78 is 0. The molecule has 19 heavy (non-hydrogen) atoms. The molecule has 1 heterocycles. The molecule has 1 unspecified atom stereocenters. The van der Waals surface area contributed by atoms with Crippen molar-refractivity contribution in [3.8, 4) is 0 Å². The lowest BCUT2D eigenvalue weighted by atomic mass is 10.1. The van der Waals surface area contributed by atoms with Crippen molar-refractivity contribution in [1.29, 1.82) is 0 Å². The van der Waals surface area contributed by atoms with E-state index in [1.807, 2.05) is 23.9 Å². The maximum Gasteiger partial charge on any atom is 0.228 e. The van der Waals surface area contributed by atoms with Gasteiger partial charge in [-0.3, -0.25) is 4.79 Å². The summed E-state index contributed by atoms with van der Waals surface area (Å²) >= 11 is 1.91. The van der Waals surface area contributed by atoms with Crippen LogP contribution in [0.4, 0.5) is 5.69 Å². The number of nitrogens with one attached hydrogen (secondary N) is 2. The van der Waals surface area contributed by atoms with Gasteiger partial charge in [0.15, 0.2) is 0 Å². The molecule has 1 aliphatic rings. The quantitative estimate of drug-likeness (QED) is 0.870. The third-order valence-corrected chi connectivity index (χ3v) is 4.38. The van der Waals surface area contributed by atoms with E-state index in [-0.39, 0.29) is 11.8 Å².